The zero-order valence-electron chi connectivity index (χ0n) is 13.1. The highest BCUT2D eigenvalue weighted by Crippen LogP contribution is 2.34. The summed E-state index contributed by atoms with van der Waals surface area (Å²) in [5, 5.41) is 1.32. The fourth-order valence-electron chi connectivity index (χ4n) is 2.91. The number of rotatable bonds is 2. The third-order valence-corrected chi connectivity index (χ3v) is 4.08. The van der Waals surface area contributed by atoms with E-state index in [2.05, 4.69) is 35.3 Å². The largest absolute Gasteiger partial charge is 0.497 e. The molecule has 0 unspecified atom stereocenters. The van der Waals surface area contributed by atoms with Crippen molar-refractivity contribution in [3.63, 3.8) is 0 Å². The number of likely N-dealkylation sites (tertiary alicyclic amines) is 1. The first kappa shape index (κ1) is 14.9. The molecule has 3 heteroatoms. The Hall–Kier alpha value is -1.48. The lowest BCUT2D eigenvalue weighted by Gasteiger charge is -2.28. The molecule has 1 fully saturated rings. The van der Waals surface area contributed by atoms with E-state index in [1.54, 1.807) is 7.11 Å². The van der Waals surface area contributed by atoms with E-state index in [0.717, 1.165) is 5.75 Å². The first-order valence-corrected chi connectivity index (χ1v) is 7.61. The maximum atomic E-state index is 5.33. The monoisotopic (exact) mass is 274 g/mol. The molecule has 3 rings (SSSR count). The second kappa shape index (κ2) is 6.80. The normalized spacial score (nSPS) is 16.8. The van der Waals surface area contributed by atoms with Crippen molar-refractivity contribution in [2.24, 2.45) is 0 Å². The number of hydrogen-bond acceptors (Lipinski definition) is 2. The topological polar surface area (TPSA) is 28.3 Å². The van der Waals surface area contributed by atoms with Gasteiger partial charge in [0.05, 0.1) is 7.11 Å². The molecule has 2 heterocycles. The highest BCUT2D eigenvalue weighted by Gasteiger charge is 2.21. The van der Waals surface area contributed by atoms with Crippen LogP contribution >= 0.6 is 0 Å². The Morgan fingerprint density at radius 1 is 1.20 bits per heavy atom. The molecular formula is C17H26N2O. The summed E-state index contributed by atoms with van der Waals surface area (Å²) in [7, 11) is 3.93. The summed E-state index contributed by atoms with van der Waals surface area (Å²) in [6, 6.07) is 6.27. The van der Waals surface area contributed by atoms with Crippen LogP contribution < -0.4 is 4.74 Å². The number of benzene rings is 1. The lowest BCUT2D eigenvalue weighted by molar-refractivity contribution is 0.256. The first-order chi connectivity index (χ1) is 9.78. The van der Waals surface area contributed by atoms with Crippen molar-refractivity contribution in [2.45, 2.75) is 32.6 Å². The number of aromatic nitrogens is 1. The van der Waals surface area contributed by atoms with Gasteiger partial charge in [-0.25, -0.2) is 0 Å². The van der Waals surface area contributed by atoms with E-state index in [1.165, 1.54) is 42.4 Å². The predicted molar refractivity (Wildman–Crippen MR) is 85.7 cm³/mol. The maximum Gasteiger partial charge on any atom is 0.119 e. The molecule has 0 radical (unpaired) electrons. The van der Waals surface area contributed by atoms with Crippen LogP contribution in [0.5, 0.6) is 5.75 Å². The van der Waals surface area contributed by atoms with Gasteiger partial charge in [0.15, 0.2) is 0 Å². The van der Waals surface area contributed by atoms with Crippen molar-refractivity contribution in [2.75, 3.05) is 27.2 Å². The average molecular weight is 274 g/mol. The van der Waals surface area contributed by atoms with Crippen LogP contribution in [0, 0.1) is 0 Å². The smallest absolute Gasteiger partial charge is 0.119 e. The molecule has 1 aromatic carbocycles. The molecule has 0 bridgehead atoms. The molecule has 1 N–H and O–H groups in total. The summed E-state index contributed by atoms with van der Waals surface area (Å²) < 4.78 is 5.33. The molecule has 0 atom stereocenters. The summed E-state index contributed by atoms with van der Waals surface area (Å²) >= 11 is 0. The van der Waals surface area contributed by atoms with E-state index in [4.69, 9.17) is 4.74 Å². The molecule has 2 aromatic rings. The van der Waals surface area contributed by atoms with Crippen LogP contribution in [-0.4, -0.2) is 37.1 Å². The number of ether oxygens (including phenoxy) is 1. The van der Waals surface area contributed by atoms with Crippen molar-refractivity contribution in [1.29, 1.82) is 0 Å². The van der Waals surface area contributed by atoms with Crippen LogP contribution in [0.15, 0.2) is 24.4 Å². The molecule has 1 aliphatic heterocycles. The molecule has 0 aliphatic carbocycles. The summed E-state index contributed by atoms with van der Waals surface area (Å²) in [5.74, 6) is 1.62. The minimum atomic E-state index is 0.682. The van der Waals surface area contributed by atoms with Crippen LogP contribution in [0.1, 0.15) is 38.2 Å². The van der Waals surface area contributed by atoms with Crippen LogP contribution in [-0.2, 0) is 0 Å². The number of fused-ring (bicyclic) bond motifs is 1. The second-order valence-corrected chi connectivity index (χ2v) is 5.23. The predicted octanol–water partition coefficient (Wildman–Crippen LogP) is 4.01. The Bertz CT molecular complexity index is 539. The van der Waals surface area contributed by atoms with E-state index in [1.807, 2.05) is 19.9 Å². The molecule has 1 aliphatic rings. The molecule has 0 amide bonds. The number of hydrogen-bond donors (Lipinski definition) is 1. The minimum Gasteiger partial charge on any atom is -0.497 e. The molecule has 110 valence electrons. The number of nitrogens with zero attached hydrogens (tertiary/aromatic N) is 1. The van der Waals surface area contributed by atoms with Crippen molar-refractivity contribution in [1.82, 2.24) is 9.88 Å². The van der Waals surface area contributed by atoms with E-state index in [9.17, 15) is 0 Å². The van der Waals surface area contributed by atoms with Crippen molar-refractivity contribution in [3.05, 3.63) is 30.0 Å². The van der Waals surface area contributed by atoms with Gasteiger partial charge in [0.1, 0.15) is 5.75 Å². The number of piperidine rings is 1. The van der Waals surface area contributed by atoms with Gasteiger partial charge in [0.25, 0.3) is 0 Å². The lowest BCUT2D eigenvalue weighted by Crippen LogP contribution is -2.29. The van der Waals surface area contributed by atoms with Gasteiger partial charge in [0.2, 0.25) is 0 Å². The van der Waals surface area contributed by atoms with Gasteiger partial charge < -0.3 is 14.6 Å². The van der Waals surface area contributed by atoms with Crippen molar-refractivity contribution >= 4 is 10.9 Å². The van der Waals surface area contributed by atoms with Gasteiger partial charge in [-0.2, -0.15) is 0 Å². The third-order valence-electron chi connectivity index (χ3n) is 4.08. The summed E-state index contributed by atoms with van der Waals surface area (Å²) in [6.07, 6.45) is 4.68. The van der Waals surface area contributed by atoms with Gasteiger partial charge in [-0.3, -0.25) is 0 Å². The molecule has 0 saturated carbocycles. The van der Waals surface area contributed by atoms with E-state index in [-0.39, 0.29) is 0 Å². The van der Waals surface area contributed by atoms with Gasteiger partial charge in [-0.15, -0.1) is 0 Å². The highest BCUT2D eigenvalue weighted by atomic mass is 16.5. The molecular weight excluding hydrogens is 248 g/mol. The minimum absolute atomic E-state index is 0.682. The summed E-state index contributed by atoms with van der Waals surface area (Å²) in [6.45, 7) is 6.39. The SMILES string of the molecule is CC.COc1ccc2[nH]cc(C3CCN(C)CC3)c2c1. The first-order valence-electron chi connectivity index (χ1n) is 7.61. The van der Waals surface area contributed by atoms with Crippen molar-refractivity contribution < 1.29 is 4.74 Å². The van der Waals surface area contributed by atoms with Crippen LogP contribution in [0.3, 0.4) is 0 Å². The summed E-state index contributed by atoms with van der Waals surface area (Å²) in [5.41, 5.74) is 2.67. The van der Waals surface area contributed by atoms with Gasteiger partial charge >= 0.3 is 0 Å². The quantitative estimate of drug-likeness (QED) is 0.896. The van der Waals surface area contributed by atoms with Crippen molar-refractivity contribution in [3.8, 4) is 5.75 Å². The van der Waals surface area contributed by atoms with Crippen LogP contribution in [0.4, 0.5) is 0 Å². The zero-order chi connectivity index (χ0) is 14.5. The molecule has 1 saturated heterocycles. The number of H-pyrrole nitrogens is 1. The van der Waals surface area contributed by atoms with Crippen LogP contribution in [0.25, 0.3) is 10.9 Å². The Kier molecular flexibility index (Phi) is 5.07. The standard InChI is InChI=1S/C15H20N2O.C2H6/c1-17-7-5-11(6-8-17)14-10-16-15-4-3-12(18-2)9-13(14)15;1-2/h3-4,9-11,16H,5-8H2,1-2H3;1-2H3. The maximum absolute atomic E-state index is 5.33. The number of aromatic amines is 1. The molecule has 20 heavy (non-hydrogen) atoms. The third kappa shape index (κ3) is 2.98. The van der Waals surface area contributed by atoms with Gasteiger partial charge in [-0.1, -0.05) is 13.8 Å². The Morgan fingerprint density at radius 2 is 1.90 bits per heavy atom. The average Bonchev–Trinajstić information content (AvgIpc) is 2.93. The van der Waals surface area contributed by atoms with Gasteiger partial charge in [0, 0.05) is 17.1 Å². The molecule has 1 aromatic heterocycles. The van der Waals surface area contributed by atoms with E-state index in [0.29, 0.717) is 5.92 Å². The highest BCUT2D eigenvalue weighted by molar-refractivity contribution is 5.85. The number of methoxy groups -OCH3 is 1. The zero-order valence-corrected chi connectivity index (χ0v) is 13.1. The molecule has 0 spiro atoms. The summed E-state index contributed by atoms with van der Waals surface area (Å²) in [4.78, 5) is 5.79. The fraction of sp³-hybridized carbons (Fsp3) is 0.529. The fourth-order valence-corrected chi connectivity index (χ4v) is 2.91. The van der Waals surface area contributed by atoms with E-state index >= 15 is 0 Å². The second-order valence-electron chi connectivity index (χ2n) is 5.23. The van der Waals surface area contributed by atoms with Crippen LogP contribution in [0.2, 0.25) is 0 Å². The van der Waals surface area contributed by atoms with Gasteiger partial charge in [-0.05, 0) is 62.7 Å². The Labute approximate surface area is 121 Å². The molecule has 3 nitrogen and oxygen atoms in total. The Morgan fingerprint density at radius 3 is 2.55 bits per heavy atom. The van der Waals surface area contributed by atoms with E-state index < -0.39 is 0 Å². The number of nitrogens with one attached hydrogen (secondary N) is 1. The lowest BCUT2D eigenvalue weighted by atomic mass is 9.89. The Balaban J connectivity index is 0.000000704.